The van der Waals surface area contributed by atoms with Crippen molar-refractivity contribution in [3.05, 3.63) is 35.7 Å². The monoisotopic (exact) mass is 448 g/mol. The highest BCUT2D eigenvalue weighted by Crippen LogP contribution is 2.30. The number of hydrogen-bond donors (Lipinski definition) is 0. The molecule has 0 unspecified atom stereocenters. The van der Waals surface area contributed by atoms with Gasteiger partial charge in [0.05, 0.1) is 24.2 Å². The van der Waals surface area contributed by atoms with Gasteiger partial charge >= 0.3 is 0 Å². The third-order valence-electron chi connectivity index (χ3n) is 5.85. The second kappa shape index (κ2) is 8.90. The van der Waals surface area contributed by atoms with Crippen LogP contribution in [0.4, 0.5) is 5.69 Å². The molecule has 2 aromatic rings. The molecule has 170 valence electrons. The fraction of sp³-hybridized carbons (Fsp3) is 0.545. The van der Waals surface area contributed by atoms with Crippen LogP contribution in [0.15, 0.2) is 29.2 Å². The maximum absolute atomic E-state index is 13.8. The molecule has 0 radical (unpaired) electrons. The molecule has 0 spiro atoms. The molecule has 1 amide bonds. The predicted octanol–water partition coefficient (Wildman–Crippen LogP) is 2.75. The van der Waals surface area contributed by atoms with Gasteiger partial charge in [-0.3, -0.25) is 13.8 Å². The first-order chi connectivity index (χ1) is 14.5. The van der Waals surface area contributed by atoms with E-state index in [9.17, 15) is 13.2 Å². The van der Waals surface area contributed by atoms with Gasteiger partial charge < -0.3 is 9.64 Å². The van der Waals surface area contributed by atoms with E-state index in [1.165, 1.54) is 4.31 Å². The fourth-order valence-corrected chi connectivity index (χ4v) is 6.21. The number of ether oxygens (including phenoxy) is 1. The molecule has 9 heteroatoms. The quantitative estimate of drug-likeness (QED) is 0.678. The number of aromatic nitrogens is 2. The minimum absolute atomic E-state index is 0.138. The van der Waals surface area contributed by atoms with Gasteiger partial charge in [0.15, 0.2) is 0 Å². The van der Waals surface area contributed by atoms with Crippen LogP contribution in [0.25, 0.3) is 0 Å². The molecule has 0 aliphatic carbocycles. The van der Waals surface area contributed by atoms with Gasteiger partial charge in [0, 0.05) is 20.1 Å². The minimum Gasteiger partial charge on any atom is -0.497 e. The Morgan fingerprint density at radius 2 is 1.74 bits per heavy atom. The Balaban J connectivity index is 2.01. The summed E-state index contributed by atoms with van der Waals surface area (Å²) in [6.45, 7) is 8.65. The van der Waals surface area contributed by atoms with Crippen molar-refractivity contribution in [3.63, 3.8) is 0 Å². The summed E-state index contributed by atoms with van der Waals surface area (Å²) >= 11 is 0. The number of benzene rings is 1. The molecular weight excluding hydrogens is 416 g/mol. The Hall–Kier alpha value is -2.55. The van der Waals surface area contributed by atoms with Crippen LogP contribution in [-0.2, 0) is 21.9 Å². The van der Waals surface area contributed by atoms with Crippen LogP contribution in [0.3, 0.4) is 0 Å². The number of rotatable bonds is 6. The highest BCUT2D eigenvalue weighted by atomic mass is 32.2. The van der Waals surface area contributed by atoms with E-state index in [1.54, 1.807) is 61.9 Å². The Kier molecular flexibility index (Phi) is 6.64. The second-order valence-electron chi connectivity index (χ2n) is 8.58. The smallest absolute Gasteiger partial charge is 0.268 e. The number of anilines is 1. The molecule has 1 aromatic heterocycles. The van der Waals surface area contributed by atoms with Crippen LogP contribution in [-0.4, -0.2) is 55.7 Å². The maximum atomic E-state index is 13.8. The average Bonchev–Trinajstić information content (AvgIpc) is 2.97. The van der Waals surface area contributed by atoms with Gasteiger partial charge in [-0.05, 0) is 56.4 Å². The summed E-state index contributed by atoms with van der Waals surface area (Å²) in [5.74, 6) is 1.19. The van der Waals surface area contributed by atoms with Gasteiger partial charge in [-0.15, -0.1) is 0 Å². The van der Waals surface area contributed by atoms with Gasteiger partial charge in [0.25, 0.3) is 10.0 Å². The van der Waals surface area contributed by atoms with Crippen molar-refractivity contribution in [3.8, 4) is 5.75 Å². The molecule has 8 nitrogen and oxygen atoms in total. The number of carbonyl (C=O) groups is 1. The number of hydrogen-bond acceptors (Lipinski definition) is 5. The van der Waals surface area contributed by atoms with Gasteiger partial charge in [-0.25, -0.2) is 8.42 Å². The Bertz CT molecular complexity index is 1040. The number of likely N-dealkylation sites (tertiary alicyclic amines) is 1. The van der Waals surface area contributed by atoms with E-state index in [4.69, 9.17) is 4.74 Å². The fourth-order valence-electron chi connectivity index (χ4n) is 4.39. The van der Waals surface area contributed by atoms with Gasteiger partial charge in [-0.1, -0.05) is 13.8 Å². The van der Waals surface area contributed by atoms with Crippen molar-refractivity contribution in [2.75, 3.05) is 31.0 Å². The lowest BCUT2D eigenvalue weighted by molar-refractivity contribution is -0.132. The van der Waals surface area contributed by atoms with Crippen LogP contribution >= 0.6 is 0 Å². The summed E-state index contributed by atoms with van der Waals surface area (Å²) in [5.41, 5.74) is 1.35. The first-order valence-corrected chi connectivity index (χ1v) is 11.9. The summed E-state index contributed by atoms with van der Waals surface area (Å²) in [4.78, 5) is 15.1. The lowest BCUT2D eigenvalue weighted by Crippen LogP contribution is -2.48. The lowest BCUT2D eigenvalue weighted by Gasteiger charge is -2.36. The van der Waals surface area contributed by atoms with Gasteiger partial charge in [0.2, 0.25) is 5.91 Å². The van der Waals surface area contributed by atoms with Crippen molar-refractivity contribution >= 4 is 21.6 Å². The molecule has 2 heterocycles. The largest absolute Gasteiger partial charge is 0.497 e. The molecule has 1 aliphatic rings. The standard InChI is InChI=1S/C22H32N4O4S/c1-15-11-16(2)13-25(12-15)21(27)14-26(19-7-9-20(30-6)10-8-19)31(28,29)22-17(3)23-24(5)18(22)4/h7-10,15-16H,11-14H2,1-6H3/t15-,16+. The molecule has 1 aromatic carbocycles. The second-order valence-corrected chi connectivity index (χ2v) is 10.4. The summed E-state index contributed by atoms with van der Waals surface area (Å²) in [5, 5.41) is 4.26. The molecule has 2 atom stereocenters. The van der Waals surface area contributed by atoms with E-state index < -0.39 is 10.0 Å². The molecule has 0 saturated carbocycles. The van der Waals surface area contributed by atoms with Crippen LogP contribution in [0.2, 0.25) is 0 Å². The Morgan fingerprint density at radius 1 is 1.16 bits per heavy atom. The van der Waals surface area contributed by atoms with E-state index >= 15 is 0 Å². The van der Waals surface area contributed by atoms with Gasteiger partial charge in [-0.2, -0.15) is 5.10 Å². The summed E-state index contributed by atoms with van der Waals surface area (Å²) in [6, 6.07) is 6.70. The number of nitrogens with zero attached hydrogens (tertiary/aromatic N) is 4. The van der Waals surface area contributed by atoms with Crippen molar-refractivity contribution in [1.29, 1.82) is 0 Å². The van der Waals surface area contributed by atoms with Crippen molar-refractivity contribution in [2.45, 2.75) is 39.0 Å². The third-order valence-corrected chi connectivity index (χ3v) is 7.88. The third kappa shape index (κ3) is 4.71. The normalized spacial score (nSPS) is 19.4. The number of piperidine rings is 1. The molecular formula is C22H32N4O4S. The first kappa shape index (κ1) is 23.1. The number of aryl methyl sites for hydroxylation is 2. The lowest BCUT2D eigenvalue weighted by atomic mass is 9.92. The predicted molar refractivity (Wildman–Crippen MR) is 120 cm³/mol. The number of carbonyl (C=O) groups excluding carboxylic acids is 1. The SMILES string of the molecule is COc1ccc(N(CC(=O)N2C[C@H](C)C[C@H](C)C2)S(=O)(=O)c2c(C)nn(C)c2C)cc1. The van der Waals surface area contributed by atoms with E-state index in [-0.39, 0.29) is 17.3 Å². The van der Waals surface area contributed by atoms with Crippen molar-refractivity contribution in [1.82, 2.24) is 14.7 Å². The molecule has 1 aliphatic heterocycles. The van der Waals surface area contributed by atoms with Gasteiger partial charge in [0.1, 0.15) is 17.2 Å². The average molecular weight is 449 g/mol. The first-order valence-electron chi connectivity index (χ1n) is 10.5. The minimum atomic E-state index is -4.01. The number of methoxy groups -OCH3 is 1. The topological polar surface area (TPSA) is 84.7 Å². The highest BCUT2D eigenvalue weighted by Gasteiger charge is 2.34. The van der Waals surface area contributed by atoms with E-state index in [1.807, 2.05) is 0 Å². The molecule has 3 rings (SSSR count). The van der Waals surface area contributed by atoms with Crippen LogP contribution in [0.1, 0.15) is 31.7 Å². The molecule has 1 fully saturated rings. The summed E-state index contributed by atoms with van der Waals surface area (Å²) < 4.78 is 35.5. The Morgan fingerprint density at radius 3 is 2.23 bits per heavy atom. The summed E-state index contributed by atoms with van der Waals surface area (Å²) in [7, 11) is -0.755. The number of sulfonamides is 1. The summed E-state index contributed by atoms with van der Waals surface area (Å²) in [6.07, 6.45) is 1.07. The zero-order chi connectivity index (χ0) is 22.9. The van der Waals surface area contributed by atoms with E-state index in [2.05, 4.69) is 18.9 Å². The van der Waals surface area contributed by atoms with Crippen molar-refractivity contribution < 1.29 is 17.9 Å². The number of amides is 1. The zero-order valence-corrected chi connectivity index (χ0v) is 19.9. The Labute approximate surface area is 184 Å². The van der Waals surface area contributed by atoms with E-state index in [0.717, 1.165) is 6.42 Å². The molecule has 0 N–H and O–H groups in total. The van der Waals surface area contributed by atoms with Crippen LogP contribution in [0, 0.1) is 25.7 Å². The van der Waals surface area contributed by atoms with E-state index in [0.29, 0.717) is 47.8 Å². The molecule has 0 bridgehead atoms. The maximum Gasteiger partial charge on any atom is 0.268 e. The van der Waals surface area contributed by atoms with Crippen LogP contribution in [0.5, 0.6) is 5.75 Å². The van der Waals surface area contributed by atoms with Crippen molar-refractivity contribution in [2.24, 2.45) is 18.9 Å². The molecule has 31 heavy (non-hydrogen) atoms. The molecule has 1 saturated heterocycles. The van der Waals surface area contributed by atoms with Crippen LogP contribution < -0.4 is 9.04 Å². The zero-order valence-electron chi connectivity index (χ0n) is 19.1. The highest BCUT2D eigenvalue weighted by molar-refractivity contribution is 7.93.